The first-order chi connectivity index (χ1) is 15.9. The SMILES string of the molecule is CCn1c(=O)c(C(=O)Cn2c(-c3ncccn3)noc2=O)c(N)n(Cc2ccccc2)c1=O. The number of benzene rings is 1. The Labute approximate surface area is 185 Å². The molecule has 0 aliphatic rings. The van der Waals surface area contributed by atoms with Gasteiger partial charge in [-0.15, -0.1) is 0 Å². The molecule has 0 bridgehead atoms. The second-order valence-electron chi connectivity index (χ2n) is 7.02. The van der Waals surface area contributed by atoms with Gasteiger partial charge in [0, 0.05) is 18.9 Å². The number of nitrogens with zero attached hydrogens (tertiary/aromatic N) is 6. The molecule has 0 aliphatic carbocycles. The monoisotopic (exact) mass is 449 g/mol. The molecule has 4 rings (SSSR count). The van der Waals surface area contributed by atoms with E-state index in [1.165, 1.54) is 12.4 Å². The van der Waals surface area contributed by atoms with Gasteiger partial charge in [-0.2, -0.15) is 0 Å². The van der Waals surface area contributed by atoms with Gasteiger partial charge in [-0.3, -0.25) is 23.2 Å². The number of hydrogen-bond donors (Lipinski definition) is 1. The third-order valence-electron chi connectivity index (χ3n) is 5.00. The standard InChI is InChI=1S/C21H19N7O5/c1-2-26-19(30)15(16(22)27(20(26)31)11-13-7-4-3-5-8-13)14(29)12-28-18(25-33-21(28)32)17-23-9-6-10-24-17/h3-10H,2,11-12,22H2,1H3. The van der Waals surface area contributed by atoms with Gasteiger partial charge in [0.15, 0.2) is 11.6 Å². The van der Waals surface area contributed by atoms with Crippen LogP contribution < -0.4 is 22.7 Å². The summed E-state index contributed by atoms with van der Waals surface area (Å²) < 4.78 is 7.65. The Morgan fingerprint density at radius 1 is 1.00 bits per heavy atom. The molecule has 0 spiro atoms. The fourth-order valence-corrected chi connectivity index (χ4v) is 3.38. The molecule has 0 atom stereocenters. The summed E-state index contributed by atoms with van der Waals surface area (Å²) in [5.74, 6) is -2.03. The molecule has 0 fully saturated rings. The van der Waals surface area contributed by atoms with Crippen molar-refractivity contribution in [1.29, 1.82) is 0 Å². The molecule has 0 radical (unpaired) electrons. The van der Waals surface area contributed by atoms with Crippen molar-refractivity contribution in [2.45, 2.75) is 26.6 Å². The number of rotatable bonds is 7. The smallest absolute Gasteiger partial charge is 0.384 e. The lowest BCUT2D eigenvalue weighted by atomic mass is 10.1. The molecule has 0 saturated heterocycles. The van der Waals surface area contributed by atoms with Crippen LogP contribution in [0.5, 0.6) is 0 Å². The number of nitrogens with two attached hydrogens (primary N) is 1. The van der Waals surface area contributed by atoms with E-state index in [4.69, 9.17) is 5.73 Å². The normalized spacial score (nSPS) is 10.9. The number of aromatic nitrogens is 6. The molecule has 3 aromatic heterocycles. The van der Waals surface area contributed by atoms with Crippen LogP contribution in [0.1, 0.15) is 22.8 Å². The molecular weight excluding hydrogens is 430 g/mol. The van der Waals surface area contributed by atoms with Crippen LogP contribution >= 0.6 is 0 Å². The van der Waals surface area contributed by atoms with Gasteiger partial charge in [0.25, 0.3) is 5.56 Å². The largest absolute Gasteiger partial charge is 0.442 e. The molecule has 2 N–H and O–H groups in total. The number of hydrogen-bond acceptors (Lipinski definition) is 9. The molecule has 4 aromatic rings. The van der Waals surface area contributed by atoms with Crippen LogP contribution in [-0.4, -0.2) is 34.6 Å². The van der Waals surface area contributed by atoms with Crippen molar-refractivity contribution in [3.63, 3.8) is 0 Å². The van der Waals surface area contributed by atoms with Gasteiger partial charge in [0.2, 0.25) is 5.82 Å². The Morgan fingerprint density at radius 3 is 2.36 bits per heavy atom. The van der Waals surface area contributed by atoms with E-state index < -0.39 is 34.9 Å². The zero-order valence-corrected chi connectivity index (χ0v) is 17.5. The molecule has 0 aliphatic heterocycles. The van der Waals surface area contributed by atoms with Crippen molar-refractivity contribution in [3.05, 3.63) is 91.3 Å². The van der Waals surface area contributed by atoms with Crippen LogP contribution in [0.25, 0.3) is 11.6 Å². The summed E-state index contributed by atoms with van der Waals surface area (Å²) in [5, 5.41) is 3.63. The fraction of sp³-hybridized carbons (Fsp3) is 0.190. The van der Waals surface area contributed by atoms with E-state index in [0.29, 0.717) is 0 Å². The maximum atomic E-state index is 13.2. The average molecular weight is 449 g/mol. The maximum Gasteiger partial charge on any atom is 0.442 e. The van der Waals surface area contributed by atoms with Crippen molar-refractivity contribution in [2.75, 3.05) is 5.73 Å². The number of ketones is 1. The first-order valence-electron chi connectivity index (χ1n) is 9.96. The Balaban J connectivity index is 1.80. The number of carbonyl (C=O) groups excluding carboxylic acids is 1. The van der Waals surface area contributed by atoms with E-state index in [-0.39, 0.29) is 30.6 Å². The molecule has 3 heterocycles. The van der Waals surface area contributed by atoms with Gasteiger partial charge in [-0.1, -0.05) is 35.5 Å². The maximum absolute atomic E-state index is 13.2. The summed E-state index contributed by atoms with van der Waals surface area (Å²) in [7, 11) is 0. The van der Waals surface area contributed by atoms with E-state index in [1.54, 1.807) is 37.3 Å². The molecule has 0 saturated carbocycles. The van der Waals surface area contributed by atoms with Gasteiger partial charge in [-0.25, -0.2) is 24.1 Å². The van der Waals surface area contributed by atoms with Crippen molar-refractivity contribution in [2.24, 2.45) is 0 Å². The van der Waals surface area contributed by atoms with E-state index in [9.17, 15) is 19.2 Å². The molecule has 0 unspecified atom stereocenters. The predicted octanol–water partition coefficient (Wildman–Crippen LogP) is 0.150. The minimum absolute atomic E-state index is 0.0311. The Kier molecular flexibility index (Phi) is 5.81. The second kappa shape index (κ2) is 8.86. The van der Waals surface area contributed by atoms with E-state index in [0.717, 1.165) is 19.3 Å². The summed E-state index contributed by atoms with van der Waals surface area (Å²) in [6.45, 7) is 1.09. The highest BCUT2D eigenvalue weighted by Gasteiger charge is 2.25. The fourth-order valence-electron chi connectivity index (χ4n) is 3.38. The van der Waals surface area contributed by atoms with Crippen molar-refractivity contribution >= 4 is 11.6 Å². The predicted molar refractivity (Wildman–Crippen MR) is 117 cm³/mol. The highest BCUT2D eigenvalue weighted by molar-refractivity contribution is 5.99. The van der Waals surface area contributed by atoms with Crippen LogP contribution in [-0.2, 0) is 19.6 Å². The number of carbonyl (C=O) groups is 1. The molecule has 168 valence electrons. The van der Waals surface area contributed by atoms with Gasteiger partial charge in [0.05, 0.1) is 13.1 Å². The van der Waals surface area contributed by atoms with Crippen LogP contribution in [0.3, 0.4) is 0 Å². The second-order valence-corrected chi connectivity index (χ2v) is 7.02. The minimum Gasteiger partial charge on any atom is -0.384 e. The van der Waals surface area contributed by atoms with E-state index >= 15 is 0 Å². The topological polar surface area (TPSA) is 161 Å². The summed E-state index contributed by atoms with van der Waals surface area (Å²) in [6.07, 6.45) is 2.87. The van der Waals surface area contributed by atoms with Gasteiger partial charge in [0.1, 0.15) is 11.4 Å². The zero-order valence-electron chi connectivity index (χ0n) is 17.5. The van der Waals surface area contributed by atoms with Gasteiger partial charge in [-0.05, 0) is 18.6 Å². The summed E-state index contributed by atoms with van der Waals surface area (Å²) in [6, 6.07) is 10.6. The van der Waals surface area contributed by atoms with E-state index in [1.807, 2.05) is 6.07 Å². The zero-order chi connectivity index (χ0) is 23.5. The Hall–Kier alpha value is -4.61. The minimum atomic E-state index is -0.933. The van der Waals surface area contributed by atoms with Crippen molar-refractivity contribution in [3.8, 4) is 11.6 Å². The summed E-state index contributed by atoms with van der Waals surface area (Å²) >= 11 is 0. The summed E-state index contributed by atoms with van der Waals surface area (Å²) in [4.78, 5) is 59.2. The molecular formula is C21H19N7O5. The lowest BCUT2D eigenvalue weighted by Gasteiger charge is -2.16. The lowest BCUT2D eigenvalue weighted by Crippen LogP contribution is -2.44. The van der Waals surface area contributed by atoms with Crippen LogP contribution in [0.2, 0.25) is 0 Å². The number of anilines is 1. The van der Waals surface area contributed by atoms with Crippen LogP contribution in [0.4, 0.5) is 5.82 Å². The average Bonchev–Trinajstić information content (AvgIpc) is 3.18. The van der Waals surface area contributed by atoms with Gasteiger partial charge >= 0.3 is 11.4 Å². The Morgan fingerprint density at radius 2 is 1.70 bits per heavy atom. The quantitative estimate of drug-likeness (QED) is 0.387. The molecule has 1 aromatic carbocycles. The van der Waals surface area contributed by atoms with Crippen molar-refractivity contribution in [1.82, 2.24) is 28.8 Å². The van der Waals surface area contributed by atoms with E-state index in [2.05, 4.69) is 19.6 Å². The van der Waals surface area contributed by atoms with Crippen LogP contribution in [0, 0.1) is 0 Å². The first-order valence-corrected chi connectivity index (χ1v) is 9.96. The molecule has 33 heavy (non-hydrogen) atoms. The highest BCUT2D eigenvalue weighted by Crippen LogP contribution is 2.13. The molecule has 12 nitrogen and oxygen atoms in total. The number of nitrogen functional groups attached to an aromatic ring is 1. The first kappa shape index (κ1) is 21.6. The van der Waals surface area contributed by atoms with Crippen LogP contribution in [0.15, 0.2) is 67.7 Å². The number of Topliss-reactive ketones (excluding diaryl/α,β-unsaturated/α-hetero) is 1. The van der Waals surface area contributed by atoms with Gasteiger partial charge < -0.3 is 5.73 Å². The summed E-state index contributed by atoms with van der Waals surface area (Å²) in [5.41, 5.74) is 5.03. The third-order valence-corrected chi connectivity index (χ3v) is 5.00. The lowest BCUT2D eigenvalue weighted by molar-refractivity contribution is 0.0967. The molecule has 12 heteroatoms. The third kappa shape index (κ3) is 4.01. The Bertz CT molecular complexity index is 1480. The highest BCUT2D eigenvalue weighted by atomic mass is 16.5. The van der Waals surface area contributed by atoms with Crippen molar-refractivity contribution < 1.29 is 9.32 Å². The molecule has 0 amide bonds.